The molecule has 0 aromatic carbocycles. The number of halogens is 8. The van der Waals surface area contributed by atoms with Crippen LogP contribution in [0.3, 0.4) is 0 Å². The third-order valence-corrected chi connectivity index (χ3v) is 24.8. The summed E-state index contributed by atoms with van der Waals surface area (Å²) in [6.07, 6.45) is 16.2. The van der Waals surface area contributed by atoms with Crippen LogP contribution in [0.2, 0.25) is 0 Å². The van der Waals surface area contributed by atoms with Crippen LogP contribution in [0, 0.1) is 99.6 Å². The third-order valence-electron chi connectivity index (χ3n) is 24.8. The second-order valence-electron chi connectivity index (χ2n) is 34.1. The average Bonchev–Trinajstić information content (AvgIpc) is 0.835. The summed E-state index contributed by atoms with van der Waals surface area (Å²) >= 11 is 0. The largest absolute Gasteiger partial charge is 0.244 e. The molecule has 0 radical (unpaired) electrons. The van der Waals surface area contributed by atoms with E-state index in [4.69, 9.17) is 0 Å². The van der Waals surface area contributed by atoms with Crippen LogP contribution < -0.4 is 0 Å². The second-order valence-corrected chi connectivity index (χ2v) is 34.1. The molecule has 0 amide bonds. The molecule has 0 saturated heterocycles. The highest BCUT2D eigenvalue weighted by Crippen LogP contribution is 2.47. The van der Waals surface area contributed by atoms with E-state index in [1.807, 2.05) is 90.0 Å². The molecule has 0 spiro atoms. The molecule has 8 heteroatoms. The van der Waals surface area contributed by atoms with Crippen LogP contribution >= 0.6 is 0 Å². The third kappa shape index (κ3) is 38.5. The fourth-order valence-electron chi connectivity index (χ4n) is 15.2. The molecule has 0 saturated carbocycles. The molecule has 0 nitrogen and oxygen atoms in total. The highest BCUT2D eigenvalue weighted by Gasteiger charge is 2.46. The Morgan fingerprint density at radius 1 is 0.234 bits per heavy atom. The molecule has 0 fully saturated rings. The molecular formula is C86H180F8. The Balaban J connectivity index is -0.000000150. The predicted molar refractivity (Wildman–Crippen MR) is 415 cm³/mol. The summed E-state index contributed by atoms with van der Waals surface area (Å²) in [4.78, 5) is 0. The maximum Gasteiger partial charge on any atom is 0.115 e. The van der Waals surface area contributed by atoms with Gasteiger partial charge in [-0.05, 0) is 189 Å². The van der Waals surface area contributed by atoms with Gasteiger partial charge in [-0.1, -0.05) is 313 Å². The number of hydrogen-bond donors (Lipinski definition) is 0. The van der Waals surface area contributed by atoms with Crippen molar-refractivity contribution in [2.75, 3.05) is 0 Å². The number of alkyl halides is 8. The molecule has 0 N–H and O–H groups in total. The molecule has 0 unspecified atom stereocenters. The van der Waals surface area contributed by atoms with E-state index in [9.17, 15) is 35.1 Å². The molecule has 0 aromatic heterocycles. The number of hydrogen-bond acceptors (Lipinski definition) is 0. The van der Waals surface area contributed by atoms with Gasteiger partial charge < -0.3 is 0 Å². The van der Waals surface area contributed by atoms with E-state index in [0.29, 0.717) is 42.9 Å². The van der Waals surface area contributed by atoms with Gasteiger partial charge in [-0.25, -0.2) is 35.1 Å². The maximum absolute atomic E-state index is 14.4. The fourth-order valence-corrected chi connectivity index (χ4v) is 15.2. The van der Waals surface area contributed by atoms with Crippen LogP contribution in [-0.2, 0) is 0 Å². The smallest absolute Gasteiger partial charge is 0.115 e. The van der Waals surface area contributed by atoms with Crippen LogP contribution in [0.25, 0.3) is 0 Å². The highest BCUT2D eigenvalue weighted by atomic mass is 19.2. The first kappa shape index (κ1) is 109. The average molecular weight is 1370 g/mol. The molecule has 0 aromatic rings. The van der Waals surface area contributed by atoms with Crippen molar-refractivity contribution in [1.82, 2.24) is 0 Å². The van der Waals surface area contributed by atoms with Gasteiger partial charge in [-0.2, -0.15) is 0 Å². The van der Waals surface area contributed by atoms with Gasteiger partial charge in [-0.15, -0.1) is 0 Å². The van der Waals surface area contributed by atoms with Crippen molar-refractivity contribution in [2.45, 2.75) is 459 Å². The Kier molecular flexibility index (Phi) is 60.0. The quantitative estimate of drug-likeness (QED) is 0.0555. The zero-order chi connectivity index (χ0) is 77.4. The van der Waals surface area contributed by atoms with E-state index >= 15 is 0 Å². The Bertz CT molecular complexity index is 1620. The monoisotopic (exact) mass is 1370 g/mol. The molecule has 580 valence electrons. The lowest BCUT2D eigenvalue weighted by atomic mass is 9.67. The summed E-state index contributed by atoms with van der Waals surface area (Å²) in [7, 11) is 0. The Hall–Kier alpha value is -0.560. The van der Waals surface area contributed by atoms with E-state index in [1.165, 1.54) is 0 Å². The molecule has 0 bridgehead atoms. The van der Waals surface area contributed by atoms with Crippen LogP contribution in [0.15, 0.2) is 0 Å². The van der Waals surface area contributed by atoms with Crippen molar-refractivity contribution < 1.29 is 35.1 Å². The van der Waals surface area contributed by atoms with E-state index in [1.54, 1.807) is 55.4 Å². The summed E-state index contributed by atoms with van der Waals surface area (Å²) in [5.74, 6) is 3.56. The molecule has 0 aliphatic carbocycles. The van der Waals surface area contributed by atoms with Gasteiger partial charge in [0.15, 0.2) is 0 Å². The fraction of sp³-hybridized carbons (Fsp3) is 1.00. The van der Waals surface area contributed by atoms with E-state index < -0.39 is 45.4 Å². The maximum atomic E-state index is 14.4. The number of rotatable bonds is 35. The van der Waals surface area contributed by atoms with Gasteiger partial charge in [0.25, 0.3) is 0 Å². The molecule has 0 aliphatic rings. The topological polar surface area (TPSA) is 0 Å². The van der Waals surface area contributed by atoms with Crippen LogP contribution in [0.1, 0.15) is 413 Å². The normalized spacial score (nSPS) is 16.4. The van der Waals surface area contributed by atoms with Gasteiger partial charge in [0, 0.05) is 10.8 Å². The molecule has 94 heavy (non-hydrogen) atoms. The van der Waals surface area contributed by atoms with E-state index in [0.717, 1.165) is 96.3 Å². The SMILES string of the molecule is CC(C)C(C(C)C)[C@@](C)(F)C(C)C.CC(C)C(C)(F)C(C)C.CCC(C)(CC)[C@@](C)(F)C(C)C.CCC(CC)C(C)(F)C(CC)CC.CCC(CC)[C@@](C)(F)C(C)C.CCC[C@](C)(F)C(C(C)C)C(C)C.CCC[C@](C)(F)C(C)(CC)CC.CCC[C@](C)(F)C(CC)CC. The van der Waals surface area contributed by atoms with Gasteiger partial charge in [-0.3, -0.25) is 0 Å². The summed E-state index contributed by atoms with van der Waals surface area (Å²) in [5, 5.41) is 0. The predicted octanol–water partition coefficient (Wildman–Crippen LogP) is 32.7. The zero-order valence-electron chi connectivity index (χ0n) is 72.4. The summed E-state index contributed by atoms with van der Waals surface area (Å²) in [6.45, 7) is 85.5. The minimum absolute atomic E-state index is 0.0994. The standard InChI is InChI=1S/3C12H25F.2C11H23F.2C10H21F.C8H17F/c1-8(2)11(9(3)4)12(7,13)10(5)6;1-7-8-12(6,13)11(9(2)3)10(4)5;1-6-10(7-2)12(5,13)11(8-3)9-4;1-7-10(5,8-2)11(6,12)9(3)4;1-6-9-11(5,12)10(4,7-2)8-3;1-6-9(7-2)10(5,11)8(3)4;1-5-8-10(4,11)9(6-2)7-3;1-6(2)8(5,9)7(3)4/h8-11H,1-7H3;9-11H,7-8H2,1-6H3;10-11H,6-9H2,1-5H3;9H,7-8H2,1-6H3;6-9H2,1-5H3;8-9H,6-7H2,1-5H3;9H,5-8H2,1-4H3;6-7H,1-5H3/t2*12-;;2*11-;2*10-;/m00.0000./s1. The van der Waals surface area contributed by atoms with Crippen LogP contribution in [0.4, 0.5) is 35.1 Å². The molecule has 0 heterocycles. The Labute approximate surface area is 590 Å². The lowest BCUT2D eigenvalue weighted by Crippen LogP contribution is -2.43. The zero-order valence-corrected chi connectivity index (χ0v) is 72.4. The van der Waals surface area contributed by atoms with Gasteiger partial charge in [0.1, 0.15) is 45.4 Å². The van der Waals surface area contributed by atoms with Crippen molar-refractivity contribution >= 4 is 0 Å². The summed E-state index contributed by atoms with van der Waals surface area (Å²) < 4.78 is 112. The van der Waals surface area contributed by atoms with E-state index in [-0.39, 0.29) is 75.9 Å². The van der Waals surface area contributed by atoms with Gasteiger partial charge >= 0.3 is 0 Å². The van der Waals surface area contributed by atoms with Crippen LogP contribution in [-0.4, -0.2) is 45.4 Å². The first-order chi connectivity index (χ1) is 42.2. The van der Waals surface area contributed by atoms with Crippen molar-refractivity contribution in [3.05, 3.63) is 0 Å². The van der Waals surface area contributed by atoms with Crippen molar-refractivity contribution in [3.63, 3.8) is 0 Å². The van der Waals surface area contributed by atoms with Crippen molar-refractivity contribution in [1.29, 1.82) is 0 Å². The minimum Gasteiger partial charge on any atom is -0.244 e. The van der Waals surface area contributed by atoms with Gasteiger partial charge in [0.2, 0.25) is 0 Å². The molecule has 0 rings (SSSR count). The summed E-state index contributed by atoms with van der Waals surface area (Å²) in [6, 6.07) is 0. The Morgan fingerprint density at radius 2 is 0.468 bits per heavy atom. The molecular weight excluding hydrogens is 1180 g/mol. The lowest BCUT2D eigenvalue weighted by molar-refractivity contribution is -0.0267. The molecule has 0 aliphatic heterocycles. The first-order valence-corrected chi connectivity index (χ1v) is 39.8. The Morgan fingerprint density at radius 3 is 0.617 bits per heavy atom. The minimum atomic E-state index is -1.05. The lowest BCUT2D eigenvalue weighted by Gasteiger charge is -2.42. The second kappa shape index (κ2) is 51.6. The highest BCUT2D eigenvalue weighted by molar-refractivity contribution is 4.95. The first-order valence-electron chi connectivity index (χ1n) is 39.8. The summed E-state index contributed by atoms with van der Waals surface area (Å²) in [5.41, 5.74) is -8.25. The molecule has 6 atom stereocenters. The van der Waals surface area contributed by atoms with Crippen molar-refractivity contribution in [3.8, 4) is 0 Å². The van der Waals surface area contributed by atoms with E-state index in [2.05, 4.69) is 152 Å². The van der Waals surface area contributed by atoms with Crippen LogP contribution in [0.5, 0.6) is 0 Å². The van der Waals surface area contributed by atoms with Gasteiger partial charge in [0.05, 0.1) is 0 Å². The van der Waals surface area contributed by atoms with Crippen molar-refractivity contribution in [2.24, 2.45) is 99.6 Å².